The minimum Gasteiger partial charge on any atom is -0.444 e. The summed E-state index contributed by atoms with van der Waals surface area (Å²) in [6.45, 7) is 7.86. The molecule has 4 nitrogen and oxygen atoms in total. The van der Waals surface area contributed by atoms with E-state index in [1.807, 2.05) is 56.0 Å². The highest BCUT2D eigenvalue weighted by Crippen LogP contribution is 2.32. The van der Waals surface area contributed by atoms with Gasteiger partial charge in [0.15, 0.2) is 0 Å². The van der Waals surface area contributed by atoms with E-state index in [1.54, 1.807) is 0 Å². The van der Waals surface area contributed by atoms with Gasteiger partial charge in [-0.2, -0.15) is 0 Å². The molecule has 132 valence electrons. The smallest absolute Gasteiger partial charge is 0.410 e. The van der Waals surface area contributed by atoms with Crippen LogP contribution in [0.5, 0.6) is 0 Å². The maximum Gasteiger partial charge on any atom is 0.410 e. The fraction of sp³-hybridized carbons (Fsp3) is 0.381. The van der Waals surface area contributed by atoms with Gasteiger partial charge in [0.1, 0.15) is 5.60 Å². The Morgan fingerprint density at radius 2 is 1.76 bits per heavy atom. The van der Waals surface area contributed by atoms with E-state index < -0.39 is 5.60 Å². The summed E-state index contributed by atoms with van der Waals surface area (Å²) in [5.74, 6) is 0. The fourth-order valence-electron chi connectivity index (χ4n) is 3.19. The third-order valence-corrected chi connectivity index (χ3v) is 4.28. The van der Waals surface area contributed by atoms with Crippen LogP contribution in [0.3, 0.4) is 0 Å². The largest absolute Gasteiger partial charge is 0.444 e. The maximum absolute atomic E-state index is 12.7. The van der Waals surface area contributed by atoms with E-state index in [4.69, 9.17) is 4.74 Å². The zero-order valence-electron chi connectivity index (χ0n) is 15.2. The number of ether oxygens (including phenoxy) is 1. The van der Waals surface area contributed by atoms with Gasteiger partial charge in [-0.3, -0.25) is 4.90 Å². The van der Waals surface area contributed by atoms with Crippen LogP contribution in [0.4, 0.5) is 4.79 Å². The van der Waals surface area contributed by atoms with Crippen LogP contribution in [0.25, 0.3) is 11.1 Å². The Balaban J connectivity index is 1.95. The van der Waals surface area contributed by atoms with Gasteiger partial charge in [-0.25, -0.2) is 4.79 Å². The summed E-state index contributed by atoms with van der Waals surface area (Å²) in [4.78, 5) is 14.6. The molecule has 0 unspecified atom stereocenters. The average Bonchev–Trinajstić information content (AvgIpc) is 2.61. The van der Waals surface area contributed by atoms with Crippen molar-refractivity contribution < 1.29 is 9.53 Å². The zero-order valence-corrected chi connectivity index (χ0v) is 15.2. The molecular weight excluding hydrogens is 312 g/mol. The Bertz CT molecular complexity index is 722. The van der Waals surface area contributed by atoms with Gasteiger partial charge in [-0.05, 0) is 37.5 Å². The number of rotatable bonds is 2. The van der Waals surface area contributed by atoms with E-state index in [1.165, 1.54) is 0 Å². The normalized spacial score (nSPS) is 18.0. The highest BCUT2D eigenvalue weighted by molar-refractivity contribution is 5.72. The molecule has 1 saturated heterocycles. The number of carbonyl (C=O) groups is 1. The first-order valence-electron chi connectivity index (χ1n) is 8.80. The van der Waals surface area contributed by atoms with Crippen molar-refractivity contribution in [1.29, 1.82) is 0 Å². The predicted octanol–water partition coefficient (Wildman–Crippen LogP) is 4.24. The highest BCUT2D eigenvalue weighted by atomic mass is 16.6. The average molecular weight is 338 g/mol. The van der Waals surface area contributed by atoms with Crippen LogP contribution in [-0.4, -0.2) is 36.2 Å². The Hall–Kier alpha value is -2.33. The van der Waals surface area contributed by atoms with Crippen LogP contribution in [-0.2, 0) is 4.74 Å². The summed E-state index contributed by atoms with van der Waals surface area (Å²) in [7, 11) is 0. The third-order valence-electron chi connectivity index (χ3n) is 4.28. The van der Waals surface area contributed by atoms with Crippen LogP contribution in [0.15, 0.2) is 54.6 Å². The third kappa shape index (κ3) is 4.20. The van der Waals surface area contributed by atoms with Crippen molar-refractivity contribution in [3.63, 3.8) is 0 Å². The zero-order chi connectivity index (χ0) is 17.9. The number of nitrogens with zero attached hydrogens (tertiary/aromatic N) is 1. The topological polar surface area (TPSA) is 41.6 Å². The lowest BCUT2D eigenvalue weighted by Gasteiger charge is -2.38. The lowest BCUT2D eigenvalue weighted by molar-refractivity contribution is 0.0118. The van der Waals surface area contributed by atoms with Gasteiger partial charge in [0, 0.05) is 19.6 Å². The number of piperazine rings is 1. The molecule has 0 radical (unpaired) electrons. The molecule has 1 aliphatic rings. The summed E-state index contributed by atoms with van der Waals surface area (Å²) in [6.07, 6.45) is -0.248. The second-order valence-corrected chi connectivity index (χ2v) is 7.35. The van der Waals surface area contributed by atoms with Crippen molar-refractivity contribution in [2.75, 3.05) is 19.6 Å². The van der Waals surface area contributed by atoms with Crippen LogP contribution < -0.4 is 5.32 Å². The monoisotopic (exact) mass is 338 g/mol. The number of hydrogen-bond acceptors (Lipinski definition) is 3. The Labute approximate surface area is 149 Å². The lowest BCUT2D eigenvalue weighted by atomic mass is 9.93. The molecule has 0 spiro atoms. The van der Waals surface area contributed by atoms with Gasteiger partial charge in [-0.1, -0.05) is 54.6 Å². The van der Waals surface area contributed by atoms with Crippen LogP contribution in [0.2, 0.25) is 0 Å². The van der Waals surface area contributed by atoms with Crippen molar-refractivity contribution in [3.8, 4) is 11.1 Å². The molecular formula is C21H26N2O2. The lowest BCUT2D eigenvalue weighted by Crippen LogP contribution is -2.50. The Morgan fingerprint density at radius 1 is 1.08 bits per heavy atom. The molecule has 0 bridgehead atoms. The molecule has 1 atom stereocenters. The number of amides is 1. The van der Waals surface area contributed by atoms with Gasteiger partial charge in [0.25, 0.3) is 0 Å². The summed E-state index contributed by atoms with van der Waals surface area (Å²) < 4.78 is 5.63. The first-order chi connectivity index (χ1) is 12.0. The van der Waals surface area contributed by atoms with Crippen LogP contribution in [0, 0.1) is 0 Å². The van der Waals surface area contributed by atoms with Gasteiger partial charge < -0.3 is 10.1 Å². The number of carbonyl (C=O) groups excluding carboxylic acids is 1. The summed E-state index contributed by atoms with van der Waals surface area (Å²) in [5.41, 5.74) is 2.97. The first-order valence-corrected chi connectivity index (χ1v) is 8.80. The molecule has 3 rings (SSSR count). The molecule has 0 saturated carbocycles. The SMILES string of the molecule is CC(C)(C)OC(=O)N1CCNC[C@@H]1c1ccccc1-c1ccccc1. The summed E-state index contributed by atoms with van der Waals surface area (Å²) >= 11 is 0. The molecule has 2 aromatic rings. The van der Waals surface area contributed by atoms with Gasteiger partial charge in [-0.15, -0.1) is 0 Å². The van der Waals surface area contributed by atoms with E-state index in [0.29, 0.717) is 6.54 Å². The van der Waals surface area contributed by atoms with E-state index >= 15 is 0 Å². The fourth-order valence-corrected chi connectivity index (χ4v) is 3.19. The minimum atomic E-state index is -0.495. The number of nitrogens with one attached hydrogen (secondary N) is 1. The summed E-state index contributed by atoms with van der Waals surface area (Å²) in [6, 6.07) is 18.6. The van der Waals surface area contributed by atoms with Crippen LogP contribution >= 0.6 is 0 Å². The summed E-state index contributed by atoms with van der Waals surface area (Å²) in [5, 5.41) is 3.41. The first kappa shape index (κ1) is 17.5. The molecule has 25 heavy (non-hydrogen) atoms. The van der Waals surface area contributed by atoms with Crippen LogP contribution in [0.1, 0.15) is 32.4 Å². The quantitative estimate of drug-likeness (QED) is 0.891. The van der Waals surface area contributed by atoms with E-state index in [9.17, 15) is 4.79 Å². The van der Waals surface area contributed by atoms with Gasteiger partial charge >= 0.3 is 6.09 Å². The second-order valence-electron chi connectivity index (χ2n) is 7.35. The Morgan fingerprint density at radius 3 is 2.48 bits per heavy atom. The maximum atomic E-state index is 12.7. The van der Waals surface area contributed by atoms with Crippen molar-refractivity contribution in [1.82, 2.24) is 10.2 Å². The standard InChI is InChI=1S/C21H26N2O2/c1-21(2,3)25-20(24)23-14-13-22-15-19(23)18-12-8-7-11-17(18)16-9-5-4-6-10-16/h4-12,19,22H,13-15H2,1-3H3/t19-/m1/s1. The molecule has 4 heteroatoms. The van der Waals surface area contributed by atoms with Gasteiger partial charge in [0.2, 0.25) is 0 Å². The van der Waals surface area contributed by atoms with Crippen molar-refractivity contribution in [2.24, 2.45) is 0 Å². The highest BCUT2D eigenvalue weighted by Gasteiger charge is 2.32. The Kier molecular flexibility index (Phi) is 5.09. The number of benzene rings is 2. The van der Waals surface area contributed by atoms with Crippen molar-refractivity contribution in [3.05, 3.63) is 60.2 Å². The van der Waals surface area contributed by atoms with Crippen molar-refractivity contribution in [2.45, 2.75) is 32.4 Å². The van der Waals surface area contributed by atoms with Crippen molar-refractivity contribution >= 4 is 6.09 Å². The molecule has 1 fully saturated rings. The molecule has 1 N–H and O–H groups in total. The molecule has 1 heterocycles. The van der Waals surface area contributed by atoms with E-state index in [2.05, 4.69) is 29.6 Å². The predicted molar refractivity (Wildman–Crippen MR) is 100 cm³/mol. The second kappa shape index (κ2) is 7.28. The van der Waals surface area contributed by atoms with Gasteiger partial charge in [0.05, 0.1) is 6.04 Å². The molecule has 0 aliphatic carbocycles. The molecule has 0 aromatic heterocycles. The minimum absolute atomic E-state index is 0.0417. The van der Waals surface area contributed by atoms with E-state index in [-0.39, 0.29) is 12.1 Å². The molecule has 2 aromatic carbocycles. The molecule has 1 amide bonds. The van der Waals surface area contributed by atoms with E-state index in [0.717, 1.165) is 29.8 Å². The number of hydrogen-bond donors (Lipinski definition) is 1. The molecule has 1 aliphatic heterocycles.